The van der Waals surface area contributed by atoms with Gasteiger partial charge in [0.25, 0.3) is 0 Å². The van der Waals surface area contributed by atoms with Gasteiger partial charge in [0, 0.05) is 32.2 Å². The fourth-order valence-electron chi connectivity index (χ4n) is 3.78. The Balaban J connectivity index is 0.00000156. The second-order valence-electron chi connectivity index (χ2n) is 7.29. The Morgan fingerprint density at radius 2 is 1.56 bits per heavy atom. The van der Waals surface area contributed by atoms with Gasteiger partial charge in [0.2, 0.25) is 0 Å². The highest BCUT2D eigenvalue weighted by Crippen LogP contribution is 2.34. The van der Waals surface area contributed by atoms with Crippen molar-refractivity contribution in [1.82, 2.24) is 10.2 Å². The lowest BCUT2D eigenvalue weighted by atomic mass is 9.90. The molecule has 0 saturated carbocycles. The fourth-order valence-corrected chi connectivity index (χ4v) is 3.78. The van der Waals surface area contributed by atoms with Gasteiger partial charge in [-0.3, -0.25) is 4.90 Å². The van der Waals surface area contributed by atoms with Gasteiger partial charge in [0.05, 0.1) is 0 Å². The van der Waals surface area contributed by atoms with Crippen LogP contribution in [-0.2, 0) is 0 Å². The highest BCUT2D eigenvalue weighted by Gasteiger charge is 2.23. The van der Waals surface area contributed by atoms with Crippen molar-refractivity contribution in [2.75, 3.05) is 26.2 Å². The summed E-state index contributed by atoms with van der Waals surface area (Å²) in [5, 5.41) is 6.35. The summed E-state index contributed by atoms with van der Waals surface area (Å²) in [6.45, 7) is 11.4. The molecule has 1 N–H and O–H groups in total. The van der Waals surface area contributed by atoms with Crippen LogP contribution in [-0.4, -0.2) is 31.1 Å². The Kier molecular flexibility index (Phi) is 9.23. The van der Waals surface area contributed by atoms with E-state index in [0.717, 1.165) is 32.1 Å². The normalized spacial score (nSPS) is 16.3. The molecule has 0 aliphatic carbocycles. The molecule has 3 rings (SSSR count). The van der Waals surface area contributed by atoms with Crippen molar-refractivity contribution in [3.05, 3.63) is 47.5 Å². The van der Waals surface area contributed by atoms with Gasteiger partial charge in [0.1, 0.15) is 0 Å². The highest BCUT2D eigenvalue weighted by atomic mass is 35.5. The molecule has 140 valence electrons. The first-order valence-electron chi connectivity index (χ1n) is 9.10. The van der Waals surface area contributed by atoms with Crippen molar-refractivity contribution in [2.24, 2.45) is 5.92 Å². The number of halogens is 2. The summed E-state index contributed by atoms with van der Waals surface area (Å²) >= 11 is 0. The molecular weight excluding hydrogens is 351 g/mol. The predicted molar refractivity (Wildman–Crippen MR) is 114 cm³/mol. The lowest BCUT2D eigenvalue weighted by molar-refractivity contribution is 0.161. The van der Waals surface area contributed by atoms with Crippen LogP contribution in [0.4, 0.5) is 0 Å². The third-order valence-corrected chi connectivity index (χ3v) is 5.14. The number of nitrogens with one attached hydrogen (secondary N) is 1. The molecule has 0 amide bonds. The third-order valence-electron chi connectivity index (χ3n) is 5.14. The van der Waals surface area contributed by atoms with Crippen LogP contribution in [0.15, 0.2) is 36.4 Å². The lowest BCUT2D eigenvalue weighted by Gasteiger charge is -2.36. The molecule has 1 atom stereocenters. The van der Waals surface area contributed by atoms with Gasteiger partial charge in [-0.15, -0.1) is 24.8 Å². The molecule has 0 spiro atoms. The smallest absolute Gasteiger partial charge is 0.0355 e. The summed E-state index contributed by atoms with van der Waals surface area (Å²) < 4.78 is 0. The molecule has 1 heterocycles. The minimum absolute atomic E-state index is 0. The molecule has 1 saturated heterocycles. The van der Waals surface area contributed by atoms with Crippen molar-refractivity contribution >= 4 is 35.6 Å². The van der Waals surface area contributed by atoms with E-state index in [4.69, 9.17) is 0 Å². The van der Waals surface area contributed by atoms with Crippen LogP contribution in [0, 0.1) is 12.8 Å². The van der Waals surface area contributed by atoms with E-state index in [1.165, 1.54) is 34.7 Å². The average molecular weight is 383 g/mol. The molecule has 1 aliphatic rings. The van der Waals surface area contributed by atoms with E-state index in [1.807, 2.05) is 0 Å². The molecule has 2 aromatic rings. The second kappa shape index (κ2) is 10.4. The van der Waals surface area contributed by atoms with Crippen LogP contribution in [0.25, 0.3) is 10.8 Å². The third kappa shape index (κ3) is 5.34. The number of aryl methyl sites for hydroxylation is 1. The number of rotatable bonds is 5. The molecule has 0 bridgehead atoms. The van der Waals surface area contributed by atoms with Gasteiger partial charge in [-0.05, 0) is 47.6 Å². The molecule has 4 heteroatoms. The Hall–Kier alpha value is -0.800. The zero-order valence-electron chi connectivity index (χ0n) is 15.6. The monoisotopic (exact) mass is 382 g/mol. The molecule has 0 aromatic heterocycles. The molecule has 1 aliphatic heterocycles. The molecule has 1 fully saturated rings. The van der Waals surface area contributed by atoms with E-state index < -0.39 is 0 Å². The average Bonchev–Trinajstić information content (AvgIpc) is 2.58. The largest absolute Gasteiger partial charge is 0.314 e. The standard InChI is InChI=1S/C21H30N2.2ClH/c1-16(2)8-11-21(23-14-12-22-13-15-23)20-10-9-17(3)18-6-4-5-7-19(18)20;;/h4-7,9-10,16,21-22H,8,11-15H2,1-3H3;2*1H/t21-;;/m0../s1. The van der Waals surface area contributed by atoms with Crippen LogP contribution < -0.4 is 5.32 Å². The van der Waals surface area contributed by atoms with E-state index in [-0.39, 0.29) is 24.8 Å². The van der Waals surface area contributed by atoms with E-state index in [2.05, 4.69) is 67.4 Å². The van der Waals surface area contributed by atoms with Crippen LogP contribution in [0.5, 0.6) is 0 Å². The molecule has 0 unspecified atom stereocenters. The fraction of sp³-hybridized carbons (Fsp3) is 0.524. The van der Waals surface area contributed by atoms with E-state index in [9.17, 15) is 0 Å². The van der Waals surface area contributed by atoms with E-state index in [0.29, 0.717) is 6.04 Å². The number of nitrogens with zero attached hydrogens (tertiary/aromatic N) is 1. The van der Waals surface area contributed by atoms with Crippen molar-refractivity contribution in [1.29, 1.82) is 0 Å². The second-order valence-corrected chi connectivity index (χ2v) is 7.29. The SMILES string of the molecule is Cc1ccc([C@H](CCC(C)C)N2CCNCC2)c2ccccc12.Cl.Cl. The quantitative estimate of drug-likeness (QED) is 0.746. The minimum atomic E-state index is 0. The Labute approximate surface area is 165 Å². The molecular formula is C21H32Cl2N2. The number of fused-ring (bicyclic) bond motifs is 1. The van der Waals surface area contributed by atoms with Crippen LogP contribution in [0.1, 0.15) is 43.9 Å². The van der Waals surface area contributed by atoms with E-state index >= 15 is 0 Å². The number of piperazine rings is 1. The van der Waals surface area contributed by atoms with Crippen LogP contribution in [0.2, 0.25) is 0 Å². The topological polar surface area (TPSA) is 15.3 Å². The number of benzene rings is 2. The van der Waals surface area contributed by atoms with Crippen molar-refractivity contribution in [2.45, 2.75) is 39.7 Å². The zero-order chi connectivity index (χ0) is 16.2. The number of hydrogen-bond acceptors (Lipinski definition) is 2. The molecule has 2 nitrogen and oxygen atoms in total. The van der Waals surface area contributed by atoms with Crippen molar-refractivity contribution in [3.63, 3.8) is 0 Å². The molecule has 2 aromatic carbocycles. The van der Waals surface area contributed by atoms with Gasteiger partial charge >= 0.3 is 0 Å². The lowest BCUT2D eigenvalue weighted by Crippen LogP contribution is -2.45. The van der Waals surface area contributed by atoms with Crippen LogP contribution >= 0.6 is 24.8 Å². The van der Waals surface area contributed by atoms with Gasteiger partial charge in [-0.2, -0.15) is 0 Å². The maximum atomic E-state index is 3.49. The van der Waals surface area contributed by atoms with E-state index in [1.54, 1.807) is 0 Å². The first-order chi connectivity index (χ1) is 11.2. The summed E-state index contributed by atoms with van der Waals surface area (Å²) in [7, 11) is 0. The maximum Gasteiger partial charge on any atom is 0.0355 e. The first-order valence-corrected chi connectivity index (χ1v) is 9.10. The predicted octanol–water partition coefficient (Wildman–Crippen LogP) is 5.37. The summed E-state index contributed by atoms with van der Waals surface area (Å²) in [5.74, 6) is 0.761. The van der Waals surface area contributed by atoms with Gasteiger partial charge < -0.3 is 5.32 Å². The first kappa shape index (κ1) is 22.2. The Morgan fingerprint density at radius 1 is 0.920 bits per heavy atom. The van der Waals surface area contributed by atoms with Gasteiger partial charge in [-0.1, -0.05) is 50.2 Å². The van der Waals surface area contributed by atoms with Crippen molar-refractivity contribution < 1.29 is 0 Å². The molecule has 0 radical (unpaired) electrons. The summed E-state index contributed by atoms with van der Waals surface area (Å²) in [6, 6.07) is 14.2. The minimum Gasteiger partial charge on any atom is -0.314 e. The Morgan fingerprint density at radius 3 is 2.20 bits per heavy atom. The van der Waals surface area contributed by atoms with Crippen LogP contribution in [0.3, 0.4) is 0 Å². The highest BCUT2D eigenvalue weighted by molar-refractivity contribution is 5.89. The molecule has 25 heavy (non-hydrogen) atoms. The van der Waals surface area contributed by atoms with Crippen molar-refractivity contribution in [3.8, 4) is 0 Å². The number of hydrogen-bond donors (Lipinski definition) is 1. The summed E-state index contributed by atoms with van der Waals surface area (Å²) in [6.07, 6.45) is 2.54. The van der Waals surface area contributed by atoms with Gasteiger partial charge in [-0.25, -0.2) is 0 Å². The zero-order valence-corrected chi connectivity index (χ0v) is 17.3. The Bertz CT molecular complexity index is 651. The van der Waals surface area contributed by atoms with Gasteiger partial charge in [0.15, 0.2) is 0 Å². The summed E-state index contributed by atoms with van der Waals surface area (Å²) in [5.41, 5.74) is 2.90. The summed E-state index contributed by atoms with van der Waals surface area (Å²) in [4.78, 5) is 2.69. The maximum absolute atomic E-state index is 3.49.